The van der Waals surface area contributed by atoms with E-state index in [0.717, 1.165) is 11.1 Å². The Labute approximate surface area is 213 Å². The third kappa shape index (κ3) is 8.30. The lowest BCUT2D eigenvalue weighted by Gasteiger charge is -2.33. The van der Waals surface area contributed by atoms with Gasteiger partial charge in [-0.1, -0.05) is 24.3 Å². The summed E-state index contributed by atoms with van der Waals surface area (Å²) in [6.45, 7) is 2.29. The molecular formula is C26H31BF6N2O2. The Balaban J connectivity index is 1.19. The van der Waals surface area contributed by atoms with Gasteiger partial charge in [0, 0.05) is 26.2 Å². The van der Waals surface area contributed by atoms with Gasteiger partial charge in [-0.25, -0.2) is 0 Å². The van der Waals surface area contributed by atoms with E-state index in [1.165, 1.54) is 0 Å². The van der Waals surface area contributed by atoms with Crippen LogP contribution in [-0.2, 0) is 13.1 Å². The van der Waals surface area contributed by atoms with E-state index in [9.17, 15) is 26.3 Å². The number of alkyl halides is 6. The van der Waals surface area contributed by atoms with Crippen molar-refractivity contribution in [1.82, 2.24) is 9.80 Å². The molecule has 11 heteroatoms. The van der Waals surface area contributed by atoms with Gasteiger partial charge in [-0.05, 0) is 74.2 Å². The summed E-state index contributed by atoms with van der Waals surface area (Å²) in [5.74, 6) is -1.36. The number of benzene rings is 2. The van der Waals surface area contributed by atoms with E-state index >= 15 is 0 Å². The predicted molar refractivity (Wildman–Crippen MR) is 129 cm³/mol. The molecule has 2 aromatic carbocycles. The lowest BCUT2D eigenvalue weighted by molar-refractivity contribution is -0.187. The number of hydrogen-bond acceptors (Lipinski definition) is 4. The Morgan fingerprint density at radius 1 is 0.649 bits per heavy atom. The second kappa shape index (κ2) is 12.0. The van der Waals surface area contributed by atoms with Crippen LogP contribution in [0, 0.1) is 11.8 Å². The molecule has 2 aliphatic rings. The fourth-order valence-corrected chi connectivity index (χ4v) is 5.00. The van der Waals surface area contributed by atoms with E-state index in [1.54, 1.807) is 24.3 Å². The highest BCUT2D eigenvalue weighted by atomic mass is 19.4. The minimum absolute atomic E-state index is 0.0283. The van der Waals surface area contributed by atoms with Crippen LogP contribution in [0.25, 0.3) is 0 Å². The molecule has 4 nitrogen and oxygen atoms in total. The van der Waals surface area contributed by atoms with Crippen LogP contribution in [0.2, 0.25) is 0 Å². The molecule has 2 aromatic rings. The Hall–Kier alpha value is -2.40. The van der Waals surface area contributed by atoms with Gasteiger partial charge in [-0.15, -0.1) is 0 Å². The van der Waals surface area contributed by atoms with E-state index in [0.29, 0.717) is 50.5 Å². The molecule has 2 unspecified atom stereocenters. The number of rotatable bonds is 8. The molecule has 0 saturated carbocycles. The van der Waals surface area contributed by atoms with Crippen molar-refractivity contribution in [3.8, 4) is 11.5 Å². The lowest BCUT2D eigenvalue weighted by atomic mass is 9.97. The average molecular weight is 528 g/mol. The molecule has 2 aliphatic heterocycles. The summed E-state index contributed by atoms with van der Waals surface area (Å²) < 4.78 is 89.3. The molecule has 0 radical (unpaired) electrons. The van der Waals surface area contributed by atoms with Crippen LogP contribution < -0.4 is 9.31 Å². The lowest BCUT2D eigenvalue weighted by Crippen LogP contribution is -2.41. The number of halogens is 6. The molecule has 37 heavy (non-hydrogen) atoms. The van der Waals surface area contributed by atoms with Gasteiger partial charge in [0.1, 0.15) is 11.5 Å². The van der Waals surface area contributed by atoms with Gasteiger partial charge in [-0.2, -0.15) is 26.3 Å². The zero-order chi connectivity index (χ0) is 26.5. The van der Waals surface area contributed by atoms with Gasteiger partial charge in [0.05, 0.1) is 11.8 Å². The monoisotopic (exact) mass is 528 g/mol. The first-order valence-electron chi connectivity index (χ1n) is 12.6. The highest BCUT2D eigenvalue weighted by Crippen LogP contribution is 2.34. The van der Waals surface area contributed by atoms with Crippen LogP contribution in [0.15, 0.2) is 48.5 Å². The summed E-state index contributed by atoms with van der Waals surface area (Å²) in [5, 5.41) is 0. The smallest absolute Gasteiger partial charge is 0.529 e. The molecule has 0 aliphatic carbocycles. The Kier molecular flexibility index (Phi) is 8.95. The number of likely N-dealkylation sites (tertiary alicyclic amines) is 2. The fourth-order valence-electron chi connectivity index (χ4n) is 5.00. The zero-order valence-corrected chi connectivity index (χ0v) is 20.5. The largest absolute Gasteiger partial charge is 0.576 e. The molecule has 2 heterocycles. The maximum atomic E-state index is 13.0. The van der Waals surface area contributed by atoms with Crippen LogP contribution >= 0.6 is 0 Å². The normalized spacial score (nSPS) is 22.0. The third-order valence-corrected chi connectivity index (χ3v) is 7.05. The van der Waals surface area contributed by atoms with Crippen LogP contribution in [-0.4, -0.2) is 56.0 Å². The van der Waals surface area contributed by atoms with E-state index in [1.807, 2.05) is 34.1 Å². The maximum absolute atomic E-state index is 13.0. The van der Waals surface area contributed by atoms with Gasteiger partial charge < -0.3 is 9.31 Å². The van der Waals surface area contributed by atoms with E-state index in [2.05, 4.69) is 0 Å². The van der Waals surface area contributed by atoms with Gasteiger partial charge >= 0.3 is 20.0 Å². The standard InChI is InChI=1S/C26H31BF6N2O2/c28-25(29,30)21-3-1-13-34(17-21)15-19-5-9-23(10-6-19)36-27-37-24-11-7-20(8-12-24)16-35-14-2-4-22(18-35)26(31,32)33/h5-12,21-22,27H,1-4,13-18H2. The SMILES string of the molecule is FC(F)(F)C1CCCN(Cc2ccc(OBOc3ccc(CN4CCCC(C(F)(F)F)C4)cc3)cc2)C1. The molecule has 202 valence electrons. The summed E-state index contributed by atoms with van der Waals surface area (Å²) in [6.07, 6.45) is -6.83. The molecular weight excluding hydrogens is 497 g/mol. The quantitative estimate of drug-likeness (QED) is 0.312. The molecule has 0 aromatic heterocycles. The van der Waals surface area contributed by atoms with Crippen molar-refractivity contribution in [2.45, 2.75) is 51.1 Å². The first kappa shape index (κ1) is 27.6. The van der Waals surface area contributed by atoms with Gasteiger partial charge in [0.15, 0.2) is 0 Å². The molecule has 0 N–H and O–H groups in total. The first-order valence-corrected chi connectivity index (χ1v) is 12.6. The topological polar surface area (TPSA) is 24.9 Å². The molecule has 0 amide bonds. The number of nitrogens with zero attached hydrogens (tertiary/aromatic N) is 2. The summed E-state index contributed by atoms with van der Waals surface area (Å²) in [6, 6.07) is 14.4. The average Bonchev–Trinajstić information content (AvgIpc) is 2.86. The van der Waals surface area contributed by atoms with Gasteiger partial charge in [-0.3, -0.25) is 9.80 Å². The summed E-state index contributed by atoms with van der Waals surface area (Å²) in [7, 11) is -0.0303. The molecule has 0 spiro atoms. The van der Waals surface area contributed by atoms with Crippen molar-refractivity contribution in [2.24, 2.45) is 11.8 Å². The second-order valence-corrected chi connectivity index (χ2v) is 9.93. The minimum Gasteiger partial charge on any atom is -0.529 e. The van der Waals surface area contributed by atoms with Crippen LogP contribution in [0.1, 0.15) is 36.8 Å². The Bertz CT molecular complexity index is 905. The molecule has 2 fully saturated rings. The van der Waals surface area contributed by atoms with Crippen molar-refractivity contribution >= 4 is 7.69 Å². The van der Waals surface area contributed by atoms with Crippen LogP contribution in [0.5, 0.6) is 11.5 Å². The predicted octanol–water partition coefficient (Wildman–Crippen LogP) is 5.96. The van der Waals surface area contributed by atoms with Gasteiger partial charge in [0.2, 0.25) is 0 Å². The van der Waals surface area contributed by atoms with Crippen molar-refractivity contribution in [2.75, 3.05) is 26.2 Å². The van der Waals surface area contributed by atoms with E-state index < -0.39 is 24.2 Å². The van der Waals surface area contributed by atoms with E-state index in [-0.39, 0.29) is 33.6 Å². The molecule has 0 bridgehead atoms. The molecule has 2 saturated heterocycles. The van der Waals surface area contributed by atoms with Crippen molar-refractivity contribution in [1.29, 1.82) is 0 Å². The first-order chi connectivity index (χ1) is 17.6. The van der Waals surface area contributed by atoms with Crippen LogP contribution in [0.3, 0.4) is 0 Å². The minimum atomic E-state index is -4.15. The maximum Gasteiger partial charge on any atom is 0.576 e. The Morgan fingerprint density at radius 2 is 1.03 bits per heavy atom. The third-order valence-electron chi connectivity index (χ3n) is 7.05. The Morgan fingerprint density at radius 3 is 1.38 bits per heavy atom. The van der Waals surface area contributed by atoms with Crippen molar-refractivity contribution < 1.29 is 35.7 Å². The van der Waals surface area contributed by atoms with E-state index in [4.69, 9.17) is 9.31 Å². The molecule has 4 rings (SSSR count). The van der Waals surface area contributed by atoms with Crippen molar-refractivity contribution in [3.63, 3.8) is 0 Å². The highest BCUT2D eigenvalue weighted by Gasteiger charge is 2.42. The summed E-state index contributed by atoms with van der Waals surface area (Å²) >= 11 is 0. The number of piperidine rings is 2. The summed E-state index contributed by atoms with van der Waals surface area (Å²) in [4.78, 5) is 3.68. The fraction of sp³-hybridized carbons (Fsp3) is 0.538. The van der Waals surface area contributed by atoms with Gasteiger partial charge in [0.25, 0.3) is 0 Å². The highest BCUT2D eigenvalue weighted by molar-refractivity contribution is 6.20. The van der Waals surface area contributed by atoms with Crippen molar-refractivity contribution in [3.05, 3.63) is 59.7 Å². The molecule has 2 atom stereocenters. The van der Waals surface area contributed by atoms with Crippen LogP contribution in [0.4, 0.5) is 26.3 Å². The summed E-state index contributed by atoms with van der Waals surface area (Å²) in [5.41, 5.74) is 1.84. The number of hydrogen-bond donors (Lipinski definition) is 0. The zero-order valence-electron chi connectivity index (χ0n) is 20.5. The second-order valence-electron chi connectivity index (χ2n) is 9.93.